The van der Waals surface area contributed by atoms with Crippen LogP contribution in [-0.2, 0) is 16.2 Å². The number of hydrogen-bond acceptors (Lipinski definition) is 8. The minimum atomic E-state index is -0.817. The number of carbonyl (C=O) groups is 2. The van der Waals surface area contributed by atoms with Gasteiger partial charge in [0.25, 0.3) is 5.69 Å². The average Bonchev–Trinajstić information content (AvgIpc) is 3.43. The topological polar surface area (TPSA) is 123 Å². The number of benzene rings is 3. The van der Waals surface area contributed by atoms with Gasteiger partial charge >= 0.3 is 4.87 Å². The molecule has 1 N–H and O–H groups in total. The summed E-state index contributed by atoms with van der Waals surface area (Å²) in [5.41, 5.74) is 2.91. The molecular formula is C28H20BrN3O6S2. The number of nitro benzene ring substituents is 1. The van der Waals surface area contributed by atoms with Gasteiger partial charge in [0.05, 0.1) is 21.6 Å². The third-order valence-electron chi connectivity index (χ3n) is 6.96. The Morgan fingerprint density at radius 3 is 2.45 bits per heavy atom. The van der Waals surface area contributed by atoms with Crippen molar-refractivity contribution in [1.82, 2.24) is 4.98 Å². The van der Waals surface area contributed by atoms with Gasteiger partial charge in [-0.25, -0.2) is 4.90 Å². The van der Waals surface area contributed by atoms with Crippen molar-refractivity contribution >= 4 is 62.2 Å². The Balaban J connectivity index is 1.42. The first kappa shape index (κ1) is 26.5. The molecule has 2 aliphatic heterocycles. The zero-order chi connectivity index (χ0) is 28.1. The van der Waals surface area contributed by atoms with E-state index in [9.17, 15) is 24.5 Å². The highest BCUT2D eigenvalue weighted by molar-refractivity contribution is 9.10. The Hall–Kier alpha value is -3.74. The van der Waals surface area contributed by atoms with E-state index in [-0.39, 0.29) is 16.2 Å². The van der Waals surface area contributed by atoms with Gasteiger partial charge in [-0.05, 0) is 42.8 Å². The van der Waals surface area contributed by atoms with Gasteiger partial charge in [-0.15, -0.1) is 0 Å². The minimum Gasteiger partial charge on any atom is -0.489 e. The van der Waals surface area contributed by atoms with Gasteiger partial charge in [-0.3, -0.25) is 24.5 Å². The predicted octanol–water partition coefficient (Wildman–Crippen LogP) is 5.79. The quantitative estimate of drug-likeness (QED) is 0.161. The van der Waals surface area contributed by atoms with E-state index >= 15 is 0 Å². The fourth-order valence-corrected chi connectivity index (χ4v) is 7.95. The molecule has 4 aromatic rings. The number of nitro groups is 1. The monoisotopic (exact) mass is 637 g/mol. The number of H-pyrrole nitrogens is 1. The fraction of sp³-hybridized carbons (Fsp3) is 0.179. The molecule has 1 fully saturated rings. The fourth-order valence-electron chi connectivity index (χ4n) is 5.07. The summed E-state index contributed by atoms with van der Waals surface area (Å²) >= 11 is 5.72. The van der Waals surface area contributed by atoms with Gasteiger partial charge in [0.1, 0.15) is 17.6 Å². The van der Waals surface area contributed by atoms with Crippen LogP contribution in [0.15, 0.2) is 81.0 Å². The van der Waals surface area contributed by atoms with Crippen LogP contribution in [0, 0.1) is 23.0 Å². The number of nitrogens with zero attached hydrogens (tertiary/aromatic N) is 2. The van der Waals surface area contributed by atoms with Crippen molar-refractivity contribution in [3.63, 3.8) is 0 Å². The maximum Gasteiger partial charge on any atom is 0.305 e. The summed E-state index contributed by atoms with van der Waals surface area (Å²) in [6.45, 7) is 2.30. The van der Waals surface area contributed by atoms with Gasteiger partial charge in [-0.1, -0.05) is 68.9 Å². The number of aromatic nitrogens is 1. The number of non-ortho nitro benzene ring substituents is 1. The molecular weight excluding hydrogens is 618 g/mol. The van der Waals surface area contributed by atoms with E-state index in [0.717, 1.165) is 31.8 Å². The zero-order valence-corrected chi connectivity index (χ0v) is 24.0. The lowest BCUT2D eigenvalue weighted by Crippen LogP contribution is -2.32. The van der Waals surface area contributed by atoms with Crippen LogP contribution in [0.4, 0.5) is 11.4 Å². The number of imide groups is 1. The summed E-state index contributed by atoms with van der Waals surface area (Å²) in [7, 11) is 0. The Morgan fingerprint density at radius 2 is 1.75 bits per heavy atom. The van der Waals surface area contributed by atoms with Crippen LogP contribution in [0.5, 0.6) is 5.75 Å². The molecule has 2 amide bonds. The van der Waals surface area contributed by atoms with Crippen molar-refractivity contribution in [2.75, 3.05) is 4.90 Å². The number of fused-ring (bicyclic) bond motifs is 2. The summed E-state index contributed by atoms with van der Waals surface area (Å²) in [6, 6.07) is 18.8. The number of nitrogens with one attached hydrogen (secondary N) is 1. The number of halogens is 1. The molecule has 0 bridgehead atoms. The molecule has 3 aromatic carbocycles. The molecule has 0 spiro atoms. The second-order valence-electron chi connectivity index (χ2n) is 9.49. The zero-order valence-electron chi connectivity index (χ0n) is 20.8. The maximum absolute atomic E-state index is 14.0. The molecule has 0 aliphatic carbocycles. The molecule has 0 unspecified atom stereocenters. The second-order valence-corrected chi connectivity index (χ2v) is 12.6. The van der Waals surface area contributed by atoms with Crippen LogP contribution in [0.1, 0.15) is 27.5 Å². The van der Waals surface area contributed by atoms with Gasteiger partial charge in [0.2, 0.25) is 11.8 Å². The van der Waals surface area contributed by atoms with E-state index in [1.807, 2.05) is 49.4 Å². The third-order valence-corrected chi connectivity index (χ3v) is 9.86. The maximum atomic E-state index is 14.0. The van der Waals surface area contributed by atoms with Crippen molar-refractivity contribution in [3.8, 4) is 5.75 Å². The molecule has 1 saturated heterocycles. The van der Waals surface area contributed by atoms with Crippen LogP contribution in [-0.4, -0.2) is 27.0 Å². The van der Waals surface area contributed by atoms with E-state index in [1.54, 1.807) is 0 Å². The van der Waals surface area contributed by atoms with Crippen LogP contribution >= 0.6 is 39.0 Å². The molecule has 2 aliphatic rings. The van der Waals surface area contributed by atoms with Gasteiger partial charge < -0.3 is 9.72 Å². The molecule has 40 heavy (non-hydrogen) atoms. The molecule has 6 rings (SSSR count). The van der Waals surface area contributed by atoms with Crippen molar-refractivity contribution in [2.24, 2.45) is 5.92 Å². The standard InChI is InChI=1S/C28H20BrN3O6S2/c1-14-2-4-15(5-3-14)13-38-20-11-6-16(29)12-19(20)21-22-24(39-25-23(21)40-28(35)30-25)27(34)31(26(22)33)17-7-9-18(10-8-17)32(36)37/h2-12,21-22,24H,13H2,1H3,(H,30,35)/t21-,22-,24+/m0/s1. The number of hydrogen-bond donors (Lipinski definition) is 1. The van der Waals surface area contributed by atoms with Crippen molar-refractivity contribution in [3.05, 3.63) is 113 Å². The van der Waals surface area contributed by atoms with Gasteiger partial charge in [-0.2, -0.15) is 0 Å². The number of rotatable bonds is 6. The summed E-state index contributed by atoms with van der Waals surface area (Å²) in [4.78, 5) is 55.0. The van der Waals surface area contributed by atoms with Crippen molar-refractivity contribution in [1.29, 1.82) is 0 Å². The van der Waals surface area contributed by atoms with E-state index in [2.05, 4.69) is 20.9 Å². The smallest absolute Gasteiger partial charge is 0.305 e. The number of anilines is 1. The SMILES string of the molecule is Cc1ccc(COc2ccc(Br)cc2[C@@H]2c3sc(=O)[nH]c3S[C@H]3C(=O)N(c4ccc([N+](=O)[O-])cc4)C(=O)[C@@H]23)cc1. The lowest BCUT2D eigenvalue weighted by Gasteiger charge is -2.31. The Bertz CT molecular complexity index is 1720. The first-order valence-corrected chi connectivity index (χ1v) is 14.7. The second kappa shape index (κ2) is 10.3. The van der Waals surface area contributed by atoms with Gasteiger partial charge in [0, 0.05) is 33.0 Å². The van der Waals surface area contributed by atoms with Crippen LogP contribution < -0.4 is 14.5 Å². The highest BCUT2D eigenvalue weighted by Crippen LogP contribution is 2.54. The van der Waals surface area contributed by atoms with E-state index in [4.69, 9.17) is 4.74 Å². The highest BCUT2D eigenvalue weighted by Gasteiger charge is 2.56. The molecule has 3 heterocycles. The molecule has 0 radical (unpaired) electrons. The number of ether oxygens (including phenoxy) is 1. The normalized spacial score (nSPS) is 19.9. The average molecular weight is 639 g/mol. The van der Waals surface area contributed by atoms with Crippen LogP contribution in [0.2, 0.25) is 0 Å². The summed E-state index contributed by atoms with van der Waals surface area (Å²) in [6.07, 6.45) is 0. The first-order chi connectivity index (χ1) is 19.2. The number of thioether (sulfide) groups is 1. The Morgan fingerprint density at radius 1 is 1.02 bits per heavy atom. The molecule has 9 nitrogen and oxygen atoms in total. The molecule has 202 valence electrons. The number of thiazole rings is 1. The van der Waals surface area contributed by atoms with E-state index in [1.165, 1.54) is 36.0 Å². The third kappa shape index (κ3) is 4.65. The molecule has 1 aromatic heterocycles. The van der Waals surface area contributed by atoms with Crippen LogP contribution in [0.3, 0.4) is 0 Å². The van der Waals surface area contributed by atoms with Crippen molar-refractivity contribution < 1.29 is 19.2 Å². The largest absolute Gasteiger partial charge is 0.489 e. The predicted molar refractivity (Wildman–Crippen MR) is 155 cm³/mol. The number of aryl methyl sites for hydroxylation is 1. The highest BCUT2D eigenvalue weighted by atomic mass is 79.9. The Labute approximate surface area is 244 Å². The lowest BCUT2D eigenvalue weighted by atomic mass is 9.82. The minimum absolute atomic E-state index is 0.142. The number of aromatic amines is 1. The summed E-state index contributed by atoms with van der Waals surface area (Å²) < 4.78 is 7.02. The summed E-state index contributed by atoms with van der Waals surface area (Å²) in [5.74, 6) is -1.77. The molecule has 3 atom stereocenters. The lowest BCUT2D eigenvalue weighted by molar-refractivity contribution is -0.384. The molecule has 12 heteroatoms. The Kier molecular flexibility index (Phi) is 6.85. The van der Waals surface area contributed by atoms with E-state index < -0.39 is 33.8 Å². The van der Waals surface area contributed by atoms with Crippen LogP contribution in [0.25, 0.3) is 0 Å². The van der Waals surface area contributed by atoms with E-state index in [0.29, 0.717) is 27.8 Å². The number of carbonyl (C=O) groups excluding carboxylic acids is 2. The molecule has 0 saturated carbocycles. The van der Waals surface area contributed by atoms with Crippen molar-refractivity contribution in [2.45, 2.75) is 29.7 Å². The summed E-state index contributed by atoms with van der Waals surface area (Å²) in [5, 5.41) is 10.9. The number of amides is 2. The van der Waals surface area contributed by atoms with Gasteiger partial charge in [0.15, 0.2) is 0 Å². The first-order valence-electron chi connectivity index (χ1n) is 12.2.